The molecule has 0 saturated heterocycles. The second-order valence-electron chi connectivity index (χ2n) is 7.47. The molecule has 0 fully saturated rings. The molecule has 0 atom stereocenters. The van der Waals surface area contributed by atoms with E-state index in [1.54, 1.807) is 25.1 Å². The lowest BCUT2D eigenvalue weighted by Gasteiger charge is -2.19. The minimum absolute atomic E-state index is 0.0359. The minimum atomic E-state index is -0.475. The molecule has 0 aliphatic rings. The van der Waals surface area contributed by atoms with Gasteiger partial charge >= 0.3 is 0 Å². The molecule has 2 amide bonds. The normalized spacial score (nSPS) is 11.1. The Labute approximate surface area is 163 Å². The number of rotatable bonds is 4. The summed E-state index contributed by atoms with van der Waals surface area (Å²) in [5, 5.41) is 9.08. The zero-order valence-corrected chi connectivity index (χ0v) is 16.2. The Morgan fingerprint density at radius 3 is 2.07 bits per heavy atom. The first-order valence-corrected chi connectivity index (χ1v) is 8.86. The number of amides is 2. The standard InChI is InChI=1S/C21H22N4O3/c1-13-12-18(25-28-13)24-20(27)17-7-5-6-16(23-17)19(26)22-15-10-8-14(9-11-15)21(2,3)4/h5-12H,1-4H3,(H,22,26)(H,24,25,27). The lowest BCUT2D eigenvalue weighted by molar-refractivity contribution is 0.101. The van der Waals surface area contributed by atoms with E-state index in [1.165, 1.54) is 11.6 Å². The molecular weight excluding hydrogens is 356 g/mol. The molecule has 28 heavy (non-hydrogen) atoms. The van der Waals surface area contributed by atoms with Crippen LogP contribution in [-0.2, 0) is 5.41 Å². The van der Waals surface area contributed by atoms with Crippen molar-refractivity contribution in [3.8, 4) is 0 Å². The Bertz CT molecular complexity index is 1000. The predicted molar refractivity (Wildman–Crippen MR) is 107 cm³/mol. The highest BCUT2D eigenvalue weighted by atomic mass is 16.5. The van der Waals surface area contributed by atoms with Gasteiger partial charge in [0.15, 0.2) is 5.82 Å². The van der Waals surface area contributed by atoms with Crippen LogP contribution in [-0.4, -0.2) is 22.0 Å². The highest BCUT2D eigenvalue weighted by molar-refractivity contribution is 6.05. The van der Waals surface area contributed by atoms with E-state index in [0.29, 0.717) is 11.4 Å². The van der Waals surface area contributed by atoms with Crippen LogP contribution in [0.1, 0.15) is 53.1 Å². The van der Waals surface area contributed by atoms with Gasteiger partial charge in [0.2, 0.25) is 0 Å². The molecule has 7 heteroatoms. The van der Waals surface area contributed by atoms with Crippen LogP contribution in [0.25, 0.3) is 0 Å². The molecule has 0 aliphatic heterocycles. The van der Waals surface area contributed by atoms with Crippen molar-refractivity contribution >= 4 is 23.3 Å². The molecule has 0 spiro atoms. The number of carbonyl (C=O) groups excluding carboxylic acids is 2. The van der Waals surface area contributed by atoms with Gasteiger partial charge in [-0.2, -0.15) is 0 Å². The third-order valence-electron chi connectivity index (χ3n) is 4.09. The van der Waals surface area contributed by atoms with Crippen molar-refractivity contribution in [1.82, 2.24) is 10.1 Å². The van der Waals surface area contributed by atoms with Crippen LogP contribution >= 0.6 is 0 Å². The molecule has 3 aromatic rings. The summed E-state index contributed by atoms with van der Waals surface area (Å²) in [7, 11) is 0. The van der Waals surface area contributed by atoms with E-state index in [4.69, 9.17) is 4.52 Å². The molecule has 144 valence electrons. The van der Waals surface area contributed by atoms with Crippen LogP contribution in [0.4, 0.5) is 11.5 Å². The highest BCUT2D eigenvalue weighted by Crippen LogP contribution is 2.23. The number of carbonyl (C=O) groups is 2. The number of hydrogen-bond donors (Lipinski definition) is 2. The van der Waals surface area contributed by atoms with Crippen LogP contribution in [0.2, 0.25) is 0 Å². The Balaban J connectivity index is 1.70. The first-order chi connectivity index (χ1) is 13.2. The summed E-state index contributed by atoms with van der Waals surface area (Å²) < 4.78 is 4.91. The van der Waals surface area contributed by atoms with E-state index in [-0.39, 0.29) is 22.6 Å². The highest BCUT2D eigenvalue weighted by Gasteiger charge is 2.16. The van der Waals surface area contributed by atoms with Gasteiger partial charge < -0.3 is 15.2 Å². The third kappa shape index (κ3) is 4.62. The van der Waals surface area contributed by atoms with Gasteiger partial charge in [0.05, 0.1) is 0 Å². The summed E-state index contributed by atoms with van der Waals surface area (Å²) in [6, 6.07) is 13.9. The van der Waals surface area contributed by atoms with E-state index < -0.39 is 11.8 Å². The summed E-state index contributed by atoms with van der Waals surface area (Å²) in [4.78, 5) is 28.9. The molecule has 0 saturated carbocycles. The summed E-state index contributed by atoms with van der Waals surface area (Å²) >= 11 is 0. The van der Waals surface area contributed by atoms with Gasteiger partial charge in [0, 0.05) is 11.8 Å². The average Bonchev–Trinajstić information content (AvgIpc) is 3.06. The van der Waals surface area contributed by atoms with Crippen LogP contribution in [0.3, 0.4) is 0 Å². The molecule has 2 N–H and O–H groups in total. The Hall–Kier alpha value is -3.48. The van der Waals surface area contributed by atoms with Crippen molar-refractivity contribution < 1.29 is 14.1 Å². The fourth-order valence-electron chi connectivity index (χ4n) is 2.54. The maximum atomic E-state index is 12.5. The number of aromatic nitrogens is 2. The Morgan fingerprint density at radius 2 is 1.54 bits per heavy atom. The predicted octanol–water partition coefficient (Wildman–Crippen LogP) is 4.18. The monoisotopic (exact) mass is 378 g/mol. The van der Waals surface area contributed by atoms with Gasteiger partial charge in [-0.3, -0.25) is 9.59 Å². The van der Waals surface area contributed by atoms with Gasteiger partial charge in [-0.25, -0.2) is 4.98 Å². The molecule has 3 rings (SSSR count). The van der Waals surface area contributed by atoms with Crippen molar-refractivity contribution in [1.29, 1.82) is 0 Å². The van der Waals surface area contributed by atoms with E-state index in [1.807, 2.05) is 24.3 Å². The molecule has 2 heterocycles. The number of hydrogen-bond acceptors (Lipinski definition) is 5. The van der Waals surface area contributed by atoms with Crippen LogP contribution in [0.15, 0.2) is 53.1 Å². The molecule has 0 bridgehead atoms. The number of anilines is 2. The zero-order chi connectivity index (χ0) is 20.3. The fourth-order valence-corrected chi connectivity index (χ4v) is 2.54. The van der Waals surface area contributed by atoms with Gasteiger partial charge in [-0.05, 0) is 42.2 Å². The van der Waals surface area contributed by atoms with Gasteiger partial charge in [0.25, 0.3) is 11.8 Å². The maximum absolute atomic E-state index is 12.5. The van der Waals surface area contributed by atoms with E-state index in [9.17, 15) is 9.59 Å². The largest absolute Gasteiger partial charge is 0.360 e. The molecular formula is C21H22N4O3. The van der Waals surface area contributed by atoms with Gasteiger partial charge in [-0.15, -0.1) is 0 Å². The lowest BCUT2D eigenvalue weighted by Crippen LogP contribution is -2.18. The third-order valence-corrected chi connectivity index (χ3v) is 4.09. The van der Waals surface area contributed by atoms with Gasteiger partial charge in [-0.1, -0.05) is 44.1 Å². The molecule has 0 unspecified atom stereocenters. The lowest BCUT2D eigenvalue weighted by atomic mass is 9.87. The number of pyridine rings is 1. The van der Waals surface area contributed by atoms with Crippen molar-refractivity contribution in [2.45, 2.75) is 33.1 Å². The van der Waals surface area contributed by atoms with Crippen molar-refractivity contribution in [3.05, 3.63) is 71.2 Å². The molecule has 0 radical (unpaired) electrons. The van der Waals surface area contributed by atoms with E-state index in [2.05, 4.69) is 41.5 Å². The Morgan fingerprint density at radius 1 is 0.929 bits per heavy atom. The summed E-state index contributed by atoms with van der Waals surface area (Å²) in [5.74, 6) is -0.000112. The average molecular weight is 378 g/mol. The first-order valence-electron chi connectivity index (χ1n) is 8.86. The van der Waals surface area contributed by atoms with E-state index in [0.717, 1.165) is 0 Å². The summed E-state index contributed by atoms with van der Waals surface area (Å²) in [5.41, 5.74) is 2.12. The fraction of sp³-hybridized carbons (Fsp3) is 0.238. The summed E-state index contributed by atoms with van der Waals surface area (Å²) in [6.07, 6.45) is 0. The number of nitrogens with zero attached hydrogens (tertiary/aromatic N) is 2. The van der Waals surface area contributed by atoms with Gasteiger partial charge in [0.1, 0.15) is 17.1 Å². The maximum Gasteiger partial charge on any atom is 0.275 e. The Kier molecular flexibility index (Phi) is 5.26. The van der Waals surface area contributed by atoms with Crippen molar-refractivity contribution in [2.24, 2.45) is 0 Å². The van der Waals surface area contributed by atoms with Crippen LogP contribution < -0.4 is 10.6 Å². The second kappa shape index (κ2) is 7.64. The molecule has 7 nitrogen and oxygen atoms in total. The molecule has 2 aromatic heterocycles. The minimum Gasteiger partial charge on any atom is -0.360 e. The number of aryl methyl sites for hydroxylation is 1. The summed E-state index contributed by atoms with van der Waals surface area (Å²) in [6.45, 7) is 8.10. The van der Waals surface area contributed by atoms with Crippen molar-refractivity contribution in [2.75, 3.05) is 10.6 Å². The topological polar surface area (TPSA) is 97.1 Å². The van der Waals surface area contributed by atoms with E-state index >= 15 is 0 Å². The smallest absolute Gasteiger partial charge is 0.275 e. The van der Waals surface area contributed by atoms with Crippen LogP contribution in [0.5, 0.6) is 0 Å². The molecule has 0 aliphatic carbocycles. The SMILES string of the molecule is Cc1cc(NC(=O)c2cccc(C(=O)Nc3ccc(C(C)(C)C)cc3)n2)no1. The number of nitrogens with one attached hydrogen (secondary N) is 2. The zero-order valence-electron chi connectivity index (χ0n) is 16.2. The molecule has 1 aromatic carbocycles. The quantitative estimate of drug-likeness (QED) is 0.710. The van der Waals surface area contributed by atoms with Crippen molar-refractivity contribution in [3.63, 3.8) is 0 Å². The van der Waals surface area contributed by atoms with Crippen LogP contribution in [0, 0.1) is 6.92 Å². The number of benzene rings is 1. The second-order valence-corrected chi connectivity index (χ2v) is 7.47. The first kappa shape index (κ1) is 19.3.